The topological polar surface area (TPSA) is 76.7 Å². The van der Waals surface area contributed by atoms with E-state index < -0.39 is 5.92 Å². The summed E-state index contributed by atoms with van der Waals surface area (Å²) in [7, 11) is 1.66. The average Bonchev–Trinajstić information content (AvgIpc) is 2.62. The fourth-order valence-corrected chi connectivity index (χ4v) is 3.87. The van der Waals surface area contributed by atoms with E-state index in [-0.39, 0.29) is 30.3 Å². The molecule has 2 amide bonds. The number of carbonyl (C=O) groups excluding carboxylic acids is 2. The summed E-state index contributed by atoms with van der Waals surface area (Å²) in [6, 6.07) is 5.55. The van der Waals surface area contributed by atoms with Crippen molar-refractivity contribution in [2.24, 2.45) is 5.92 Å². The molecule has 6 nitrogen and oxygen atoms in total. The number of anilines is 1. The number of halogens is 1. The van der Waals surface area contributed by atoms with E-state index in [1.54, 1.807) is 7.11 Å². The number of nitrogens with one attached hydrogen (secondary N) is 2. The largest absolute Gasteiger partial charge is 0.381 e. The van der Waals surface area contributed by atoms with E-state index in [0.717, 1.165) is 29.5 Å². The summed E-state index contributed by atoms with van der Waals surface area (Å²) >= 11 is 3.43. The molecule has 0 saturated carbocycles. The van der Waals surface area contributed by atoms with Crippen molar-refractivity contribution in [3.63, 3.8) is 0 Å². The number of ether oxygens (including phenoxy) is 2. The Balaban J connectivity index is 1.66. The molecule has 0 spiro atoms. The minimum absolute atomic E-state index is 0.0800. The summed E-state index contributed by atoms with van der Waals surface area (Å²) in [5, 5.41) is 5.79. The highest BCUT2D eigenvalue weighted by molar-refractivity contribution is 9.10. The molecular weight excluding hydrogens is 388 g/mol. The smallest absolute Gasteiger partial charge is 0.228 e. The number of rotatable bonds is 5. The van der Waals surface area contributed by atoms with Crippen molar-refractivity contribution >= 4 is 33.4 Å². The average molecular weight is 411 g/mol. The van der Waals surface area contributed by atoms with Crippen LogP contribution in [0.2, 0.25) is 0 Å². The second-order valence-corrected chi connectivity index (χ2v) is 7.45. The summed E-state index contributed by atoms with van der Waals surface area (Å²) in [5.74, 6) is -0.483. The van der Waals surface area contributed by atoms with Crippen LogP contribution in [-0.4, -0.2) is 44.8 Å². The molecule has 0 radical (unpaired) electrons. The van der Waals surface area contributed by atoms with E-state index in [4.69, 9.17) is 9.47 Å². The van der Waals surface area contributed by atoms with Gasteiger partial charge in [-0.3, -0.25) is 9.59 Å². The summed E-state index contributed by atoms with van der Waals surface area (Å²) in [4.78, 5) is 24.7. The van der Waals surface area contributed by atoms with Crippen molar-refractivity contribution < 1.29 is 19.1 Å². The van der Waals surface area contributed by atoms with Gasteiger partial charge in [0.15, 0.2) is 0 Å². The zero-order chi connectivity index (χ0) is 17.8. The second-order valence-electron chi connectivity index (χ2n) is 6.53. The van der Waals surface area contributed by atoms with Gasteiger partial charge >= 0.3 is 0 Å². The molecule has 2 heterocycles. The molecule has 7 heteroatoms. The minimum atomic E-state index is -0.485. The Morgan fingerprint density at radius 1 is 1.52 bits per heavy atom. The van der Waals surface area contributed by atoms with Crippen molar-refractivity contribution in [2.45, 2.75) is 31.3 Å². The second kappa shape index (κ2) is 8.29. The van der Waals surface area contributed by atoms with Crippen LogP contribution in [0, 0.1) is 5.92 Å². The zero-order valence-electron chi connectivity index (χ0n) is 14.2. The van der Waals surface area contributed by atoms with E-state index in [1.165, 1.54) is 0 Å². The minimum Gasteiger partial charge on any atom is -0.381 e. The van der Waals surface area contributed by atoms with Crippen LogP contribution in [0.15, 0.2) is 22.7 Å². The van der Waals surface area contributed by atoms with Crippen LogP contribution in [0.1, 0.15) is 30.7 Å². The number of fused-ring (bicyclic) bond motifs is 1. The molecule has 25 heavy (non-hydrogen) atoms. The third-order valence-corrected chi connectivity index (χ3v) is 5.36. The maximum absolute atomic E-state index is 12.7. The normalized spacial score (nSPS) is 24.2. The van der Waals surface area contributed by atoms with Crippen LogP contribution in [0.4, 0.5) is 5.69 Å². The third-order valence-electron chi connectivity index (χ3n) is 4.87. The molecule has 0 aliphatic carbocycles. The van der Waals surface area contributed by atoms with Gasteiger partial charge in [0, 0.05) is 42.8 Å². The van der Waals surface area contributed by atoms with Gasteiger partial charge in [-0.25, -0.2) is 0 Å². The molecule has 3 rings (SSSR count). The first-order valence-electron chi connectivity index (χ1n) is 8.56. The van der Waals surface area contributed by atoms with Crippen LogP contribution in [0.3, 0.4) is 0 Å². The summed E-state index contributed by atoms with van der Waals surface area (Å²) in [6.45, 7) is 1.88. The van der Waals surface area contributed by atoms with Gasteiger partial charge in [-0.2, -0.15) is 0 Å². The van der Waals surface area contributed by atoms with Crippen molar-refractivity contribution in [1.29, 1.82) is 0 Å². The Morgan fingerprint density at radius 2 is 2.36 bits per heavy atom. The van der Waals surface area contributed by atoms with Crippen LogP contribution in [-0.2, 0) is 19.1 Å². The van der Waals surface area contributed by atoms with E-state index in [9.17, 15) is 9.59 Å². The van der Waals surface area contributed by atoms with Gasteiger partial charge in [-0.05, 0) is 36.6 Å². The Bertz CT molecular complexity index is 646. The number of hydrogen-bond donors (Lipinski definition) is 2. The summed E-state index contributed by atoms with van der Waals surface area (Å²) in [5.41, 5.74) is 1.53. The van der Waals surface area contributed by atoms with Crippen LogP contribution in [0.5, 0.6) is 0 Å². The molecule has 2 aliphatic heterocycles. The van der Waals surface area contributed by atoms with Gasteiger partial charge in [0.1, 0.15) is 0 Å². The lowest BCUT2D eigenvalue weighted by atomic mass is 9.89. The van der Waals surface area contributed by atoms with Gasteiger partial charge in [-0.15, -0.1) is 0 Å². The number of carbonyl (C=O) groups is 2. The monoisotopic (exact) mass is 410 g/mol. The first kappa shape index (κ1) is 18.4. The lowest BCUT2D eigenvalue weighted by Crippen LogP contribution is -2.43. The first-order valence-corrected chi connectivity index (χ1v) is 9.35. The van der Waals surface area contributed by atoms with Crippen LogP contribution in [0.25, 0.3) is 0 Å². The zero-order valence-corrected chi connectivity index (χ0v) is 15.8. The molecule has 136 valence electrons. The highest BCUT2D eigenvalue weighted by atomic mass is 79.9. The molecule has 2 aliphatic rings. The van der Waals surface area contributed by atoms with Crippen molar-refractivity contribution in [3.8, 4) is 0 Å². The van der Waals surface area contributed by atoms with E-state index >= 15 is 0 Å². The molecule has 3 atom stereocenters. The van der Waals surface area contributed by atoms with E-state index in [0.29, 0.717) is 18.8 Å². The predicted molar refractivity (Wildman–Crippen MR) is 97.5 cm³/mol. The third kappa shape index (κ3) is 4.40. The Morgan fingerprint density at radius 3 is 3.08 bits per heavy atom. The fraction of sp³-hybridized carbons (Fsp3) is 0.556. The summed E-state index contributed by atoms with van der Waals surface area (Å²) < 4.78 is 12.0. The van der Waals surface area contributed by atoms with Gasteiger partial charge in [0.25, 0.3) is 0 Å². The molecule has 0 bridgehead atoms. The molecule has 2 N–H and O–H groups in total. The van der Waals surface area contributed by atoms with E-state index in [2.05, 4.69) is 26.6 Å². The van der Waals surface area contributed by atoms with Crippen molar-refractivity contribution in [3.05, 3.63) is 28.2 Å². The maximum Gasteiger partial charge on any atom is 0.228 e. The number of benzene rings is 1. The van der Waals surface area contributed by atoms with Crippen molar-refractivity contribution in [1.82, 2.24) is 5.32 Å². The van der Waals surface area contributed by atoms with Crippen LogP contribution < -0.4 is 10.6 Å². The maximum atomic E-state index is 12.7. The molecule has 1 saturated heterocycles. The first-order chi connectivity index (χ1) is 12.1. The van der Waals surface area contributed by atoms with Gasteiger partial charge in [-0.1, -0.05) is 15.9 Å². The fourth-order valence-electron chi connectivity index (χ4n) is 3.49. The summed E-state index contributed by atoms with van der Waals surface area (Å²) in [6.07, 6.45) is 2.13. The molecule has 3 unspecified atom stereocenters. The Labute approximate surface area is 155 Å². The van der Waals surface area contributed by atoms with Crippen LogP contribution >= 0.6 is 15.9 Å². The predicted octanol–water partition coefficient (Wildman–Crippen LogP) is 2.43. The number of methoxy groups -OCH3 is 1. The van der Waals surface area contributed by atoms with E-state index in [1.807, 2.05) is 18.2 Å². The van der Waals surface area contributed by atoms with Gasteiger partial charge in [0.2, 0.25) is 11.8 Å². The SMILES string of the molecule is COC(CNC(=O)C1CC(=O)Nc2ccc(Br)cc21)C1CCCOC1. The highest BCUT2D eigenvalue weighted by Crippen LogP contribution is 2.34. The Hall–Kier alpha value is -1.44. The molecule has 1 aromatic carbocycles. The molecule has 1 fully saturated rings. The lowest BCUT2D eigenvalue weighted by molar-refractivity contribution is -0.127. The van der Waals surface area contributed by atoms with Gasteiger partial charge in [0.05, 0.1) is 18.6 Å². The number of hydrogen-bond acceptors (Lipinski definition) is 4. The lowest BCUT2D eigenvalue weighted by Gasteiger charge is -2.30. The standard InChI is InChI=1S/C18H23BrN2O4/c1-24-16(11-3-2-6-25-10-11)9-20-18(23)14-8-17(22)21-15-5-4-12(19)7-13(14)15/h4-5,7,11,14,16H,2-3,6,8-10H2,1H3,(H,20,23)(H,21,22). The quantitative estimate of drug-likeness (QED) is 0.781. The Kier molecular flexibility index (Phi) is 6.09. The number of amides is 2. The van der Waals surface area contributed by atoms with Crippen molar-refractivity contribution in [2.75, 3.05) is 32.2 Å². The molecular formula is C18H23BrN2O4. The molecule has 1 aromatic rings. The molecule has 0 aromatic heterocycles. The van der Waals surface area contributed by atoms with Gasteiger partial charge < -0.3 is 20.1 Å². The highest BCUT2D eigenvalue weighted by Gasteiger charge is 2.32.